The number of thiazole rings is 1. The van der Waals surface area contributed by atoms with E-state index in [4.69, 9.17) is 49.6 Å². The fraction of sp³-hybridized carbons (Fsp3) is 0.217. The fourth-order valence-corrected chi connectivity index (χ4v) is 20.7. The molecule has 1 fully saturated rings. The van der Waals surface area contributed by atoms with Crippen LogP contribution in [-0.2, 0) is 96.0 Å². The summed E-state index contributed by atoms with van der Waals surface area (Å²) in [6, 6.07) is 97.4. The molecule has 0 saturated carbocycles. The summed E-state index contributed by atoms with van der Waals surface area (Å²) in [4.78, 5) is 83.2. The van der Waals surface area contributed by atoms with E-state index < -0.39 is 15.9 Å². The molecule has 1 saturated heterocycles. The standard InChI is InChI=1S/C25H23NO3.C24H23ClN2O3S.C23H23FN2OS.C22H24N2O4S2.C21H19N5O2S/c1-19-14-15-23(29-19)18-26(17-22-13-8-16-28-22)25(27)24(20-9-4-2-5-10-20)21-11-6-3-7-12-21;1-30-22-8-3-2-6-18(22)15-26(16-19-7-5-13-31-19)24(29)17-10-11-20(25)21(14-17)27-12-4-9-23(27)28;1-16(27-2)23-26-22(15-28-23)13-20(11-19-4-3-5-21(24)12-19)10-17-6-8-18(14-25)9-7-17;1-23(2)30(26,27)20-12-10-17(11-13-20)22(25)24(16-19-8-6-14-29-19)15-18-7-4-5-9-21(18)28-3;1-28-19-7-3-2-5-17(19)13-26(14-18-6-4-12-29-18)21(27)16-10-8-15(9-11-16)20-22-24-25-23-20/h2-16,24H,17-18H2,1H3;2-3,5-8,10-11,13-14H,4,9,12,15-16H2,1H3;3-9,12,15-16,20H,10-11,13H2,1-2H3;4-14H,15-16H2,1-3H3;2-12H,13-14H2,1H3,(H,22,23,24,25). The minimum Gasteiger partial charge on any atom is -0.496 e. The molecule has 10 aromatic carbocycles. The molecule has 1 aliphatic heterocycles. The Hall–Kier alpha value is -15.1. The SMILES string of the molecule is COC(C)c1nc(CC(Cc2ccc(C#N)cc2)Cc2cccc(F)c2)cs1.COc1ccccc1CN(Cc1cccs1)C(=O)c1ccc(-c2nn[nH]n2)cc1.COc1ccccc1CN(Cc1cccs1)C(=O)c1ccc(Cl)c(N2CCCC2=O)c1.COc1ccccc1CN(Cc1cccs1)C(=O)c1ccc(S(=O)(=O)N(C)C)cc1.Cc1ccc(CN(Cc2ccco2)C(=O)C(c2ccccc2)c2ccccc2)o1. The second-order valence-corrected chi connectivity index (χ2v) is 41.2. The number of nitriles is 1. The number of furan rings is 2. The number of benzene rings is 10. The predicted octanol–water partition coefficient (Wildman–Crippen LogP) is 24.1. The smallest absolute Gasteiger partial charge is 0.254 e. The zero-order valence-electron chi connectivity index (χ0n) is 82.5. The number of H-pyrrole nitrogens is 1. The summed E-state index contributed by atoms with van der Waals surface area (Å²) >= 11 is 12.8. The highest BCUT2D eigenvalue weighted by atomic mass is 35.5. The van der Waals surface area contributed by atoms with E-state index >= 15 is 0 Å². The number of methoxy groups -OCH3 is 4. The zero-order chi connectivity index (χ0) is 104. The number of aryl methyl sites for hydroxylation is 1. The molecule has 1 N–H and O–H groups in total. The van der Waals surface area contributed by atoms with Gasteiger partial charge in [-0.25, -0.2) is 22.1 Å². The summed E-state index contributed by atoms with van der Waals surface area (Å²) < 4.78 is 72.4. The van der Waals surface area contributed by atoms with E-state index in [2.05, 4.69) is 32.1 Å². The average molecular weight is 2090 g/mol. The number of hydrogen-bond donors (Lipinski definition) is 1. The fourth-order valence-electron chi connectivity index (χ4n) is 16.6. The molecule has 0 spiro atoms. The van der Waals surface area contributed by atoms with Crippen molar-refractivity contribution >= 4 is 102 Å². The highest BCUT2D eigenvalue weighted by Gasteiger charge is 2.32. The number of sulfonamides is 1. The van der Waals surface area contributed by atoms with Crippen LogP contribution in [0.3, 0.4) is 0 Å². The minimum absolute atomic E-state index is 0.00727. The number of ether oxygens (including phenoxy) is 4. The normalized spacial score (nSPS) is 11.9. The number of tetrazole rings is 1. The lowest BCUT2D eigenvalue weighted by atomic mass is 9.89. The van der Waals surface area contributed by atoms with E-state index in [1.807, 2.05) is 271 Å². The third kappa shape index (κ3) is 30.3. The lowest BCUT2D eigenvalue weighted by molar-refractivity contribution is -0.133. The van der Waals surface area contributed by atoms with Gasteiger partial charge in [0.15, 0.2) is 0 Å². The van der Waals surface area contributed by atoms with Gasteiger partial charge in [0.05, 0.1) is 119 Å². The van der Waals surface area contributed by atoms with Gasteiger partial charge in [0, 0.05) is 93.1 Å². The van der Waals surface area contributed by atoms with Crippen LogP contribution in [0.25, 0.3) is 11.4 Å². The lowest BCUT2D eigenvalue weighted by Gasteiger charge is -2.27. The number of carbonyl (C=O) groups is 5. The van der Waals surface area contributed by atoms with Crippen molar-refractivity contribution in [2.45, 2.75) is 115 Å². The van der Waals surface area contributed by atoms with Crippen LogP contribution in [0, 0.1) is 30.0 Å². The molecule has 1 aliphatic rings. The van der Waals surface area contributed by atoms with Gasteiger partial charge in [-0.1, -0.05) is 181 Å². The van der Waals surface area contributed by atoms with Gasteiger partial charge in [-0.2, -0.15) is 10.5 Å². The van der Waals surface area contributed by atoms with Gasteiger partial charge in [0.1, 0.15) is 51.5 Å². The molecule has 0 aliphatic carbocycles. The molecule has 32 heteroatoms. The van der Waals surface area contributed by atoms with Gasteiger partial charge in [-0.3, -0.25) is 24.0 Å². The number of amides is 5. The number of para-hydroxylation sites is 3. The van der Waals surface area contributed by atoms with E-state index in [1.54, 1.807) is 154 Å². The summed E-state index contributed by atoms with van der Waals surface area (Å²) in [6.45, 7) is 7.96. The third-order valence-electron chi connectivity index (χ3n) is 24.2. The molecule has 147 heavy (non-hydrogen) atoms. The quantitative estimate of drug-likeness (QED) is 0.0378. The highest BCUT2D eigenvalue weighted by molar-refractivity contribution is 7.89. The lowest BCUT2D eigenvalue weighted by Crippen LogP contribution is -2.34. The maximum Gasteiger partial charge on any atom is 0.254 e. The first-order chi connectivity index (χ1) is 71.4. The molecule has 0 radical (unpaired) electrons. The second-order valence-electron chi connectivity index (χ2n) is 34.6. The maximum atomic E-state index is 13.8. The Balaban J connectivity index is 0.000000145. The Bertz CT molecular complexity index is 7190. The third-order valence-corrected chi connectivity index (χ3v) is 29.9. The van der Waals surface area contributed by atoms with Gasteiger partial charge in [0.2, 0.25) is 27.7 Å². The van der Waals surface area contributed by atoms with Gasteiger partial charge in [-0.15, -0.1) is 55.5 Å². The van der Waals surface area contributed by atoms with Crippen LogP contribution >= 0.6 is 56.9 Å². The molecule has 7 aromatic heterocycles. The number of aromatic nitrogens is 5. The minimum atomic E-state index is -3.54. The predicted molar refractivity (Wildman–Crippen MR) is 573 cm³/mol. The Morgan fingerprint density at radius 1 is 0.537 bits per heavy atom. The summed E-state index contributed by atoms with van der Waals surface area (Å²) in [6.07, 6.45) is 5.33. The Labute approximate surface area is 876 Å². The van der Waals surface area contributed by atoms with E-state index in [0.717, 1.165) is 123 Å². The molecule has 25 nitrogen and oxygen atoms in total. The van der Waals surface area contributed by atoms with Gasteiger partial charge in [0.25, 0.3) is 17.7 Å². The Kier molecular flexibility index (Phi) is 39.3. The van der Waals surface area contributed by atoms with E-state index in [1.165, 1.54) is 37.9 Å². The molecule has 8 heterocycles. The number of thiophene rings is 3. The molecule has 5 amide bonds. The van der Waals surface area contributed by atoms with Crippen molar-refractivity contribution in [3.05, 3.63) is 452 Å². The van der Waals surface area contributed by atoms with Crippen LogP contribution < -0.4 is 19.1 Å². The van der Waals surface area contributed by atoms with Gasteiger partial charge < -0.3 is 52.3 Å². The van der Waals surface area contributed by atoms with Crippen molar-refractivity contribution in [1.29, 1.82) is 5.26 Å². The number of hydrogen-bond acceptors (Lipinski definition) is 22. The first-order valence-electron chi connectivity index (χ1n) is 47.4. The summed E-state index contributed by atoms with van der Waals surface area (Å²) in [7, 11) is 5.97. The van der Waals surface area contributed by atoms with Crippen molar-refractivity contribution < 1.29 is 64.6 Å². The molecular weight excluding hydrogens is 1970 g/mol. The van der Waals surface area contributed by atoms with E-state index in [-0.39, 0.29) is 52.3 Å². The summed E-state index contributed by atoms with van der Waals surface area (Å²) in [5.41, 5.74) is 11.5. The van der Waals surface area contributed by atoms with Crippen LogP contribution in [-0.4, -0.2) is 137 Å². The van der Waals surface area contributed by atoms with Gasteiger partial charge >= 0.3 is 0 Å². The average Bonchev–Trinajstić information content (AvgIpc) is 1.76. The highest BCUT2D eigenvalue weighted by Crippen LogP contribution is 2.36. The first-order valence-corrected chi connectivity index (χ1v) is 52.7. The number of anilines is 1. The van der Waals surface area contributed by atoms with Crippen molar-refractivity contribution in [3.8, 4) is 34.7 Å². The van der Waals surface area contributed by atoms with E-state index in [9.17, 15) is 36.8 Å². The monoisotopic (exact) mass is 2080 g/mol. The molecule has 754 valence electrons. The Morgan fingerprint density at radius 3 is 1.52 bits per heavy atom. The van der Waals surface area contributed by atoms with Crippen LogP contribution in [0.5, 0.6) is 17.2 Å². The maximum absolute atomic E-state index is 13.8. The second kappa shape index (κ2) is 53.6. The van der Waals surface area contributed by atoms with Crippen molar-refractivity contribution in [3.63, 3.8) is 0 Å². The zero-order valence-corrected chi connectivity index (χ0v) is 87.3. The van der Waals surface area contributed by atoms with Crippen LogP contribution in [0.1, 0.15) is 150 Å². The van der Waals surface area contributed by atoms with Crippen LogP contribution in [0.2, 0.25) is 5.02 Å². The molecule has 17 aromatic rings. The molecule has 0 bridgehead atoms. The number of rotatable bonds is 37. The first kappa shape index (κ1) is 108. The number of carbonyl (C=O) groups excluding carboxylic acids is 5. The van der Waals surface area contributed by atoms with E-state index in [0.29, 0.717) is 110 Å². The molecule has 18 rings (SSSR count). The number of nitrogens with zero attached hydrogens (tertiary/aromatic N) is 11. The number of nitrogens with one attached hydrogen (secondary N) is 1. The summed E-state index contributed by atoms with van der Waals surface area (Å²) in [5.74, 6) is 4.40. The topological polar surface area (TPSA) is 293 Å². The number of aromatic amines is 1. The van der Waals surface area contributed by atoms with Crippen LogP contribution in [0.4, 0.5) is 10.1 Å². The molecule has 2 atom stereocenters. The van der Waals surface area contributed by atoms with Crippen molar-refractivity contribution in [1.82, 2.24) is 49.5 Å². The Morgan fingerprint density at radius 2 is 1.05 bits per heavy atom. The van der Waals surface area contributed by atoms with Gasteiger partial charge in [-0.05, 0) is 229 Å². The van der Waals surface area contributed by atoms with Crippen molar-refractivity contribution in [2.24, 2.45) is 5.92 Å². The molecule has 2 unspecified atom stereocenters. The summed E-state index contributed by atoms with van der Waals surface area (Å²) in [5, 5.41) is 32.4. The largest absolute Gasteiger partial charge is 0.496 e. The van der Waals surface area contributed by atoms with Crippen LogP contribution in [0.15, 0.2) is 351 Å². The molecular formula is C115H112ClFN12O13S5. The van der Waals surface area contributed by atoms with Crippen molar-refractivity contribution in [2.75, 3.05) is 54.0 Å². The number of halogens is 2.